The Morgan fingerprint density at radius 1 is 1.00 bits per heavy atom. The fourth-order valence-corrected chi connectivity index (χ4v) is 4.52. The van der Waals surface area contributed by atoms with E-state index < -0.39 is 0 Å². The van der Waals surface area contributed by atoms with Crippen molar-refractivity contribution >= 4 is 22.7 Å². The molecule has 3 N–H and O–H groups in total. The molecular weight excluding hydrogens is 414 g/mol. The summed E-state index contributed by atoms with van der Waals surface area (Å²) in [5, 5.41) is 17.3. The molecule has 0 atom stereocenters. The summed E-state index contributed by atoms with van der Waals surface area (Å²) in [6, 6.07) is 16.6. The summed E-state index contributed by atoms with van der Waals surface area (Å²) in [6.07, 6.45) is 4.61. The number of fused-ring (bicyclic) bond motifs is 1. The van der Waals surface area contributed by atoms with Gasteiger partial charge >= 0.3 is 0 Å². The fraction of sp³-hybridized carbons (Fsp3) is 0.462. The molecule has 0 radical (unpaired) electrons. The number of aliphatic hydroxyl groups is 1. The number of nitrogens with one attached hydrogen (secondary N) is 2. The van der Waals surface area contributed by atoms with Crippen LogP contribution in [0.4, 0.5) is 11.8 Å². The lowest BCUT2D eigenvalue weighted by atomic mass is 9.86. The van der Waals surface area contributed by atoms with Gasteiger partial charge in [0.1, 0.15) is 18.2 Å². The number of aliphatic hydroxyl groups excluding tert-OH is 1. The summed E-state index contributed by atoms with van der Waals surface area (Å²) >= 11 is 0. The van der Waals surface area contributed by atoms with Crippen LogP contribution in [0.25, 0.3) is 10.9 Å². The summed E-state index contributed by atoms with van der Waals surface area (Å²) in [7, 11) is 4.04. The molecule has 7 heteroatoms. The predicted molar refractivity (Wildman–Crippen MR) is 134 cm³/mol. The molecule has 2 aromatic carbocycles. The van der Waals surface area contributed by atoms with Gasteiger partial charge in [-0.25, -0.2) is 4.98 Å². The number of hydrogen-bond acceptors (Lipinski definition) is 7. The van der Waals surface area contributed by atoms with Crippen LogP contribution < -0.4 is 20.3 Å². The Morgan fingerprint density at radius 2 is 1.76 bits per heavy atom. The number of anilines is 2. The number of nitrogens with zero attached hydrogens (tertiary/aromatic N) is 3. The Morgan fingerprint density at radius 3 is 2.55 bits per heavy atom. The van der Waals surface area contributed by atoms with Crippen LogP contribution in [0, 0.1) is 5.92 Å². The number of aromatic nitrogens is 2. The SMILES string of the molecule is CN(C)c1nc(N[C@H]2CC[C@@H](CNCc3ccccc3OCCO)CC2)nc2ccccc12. The highest BCUT2D eigenvalue weighted by molar-refractivity contribution is 5.90. The third-order valence-corrected chi connectivity index (χ3v) is 6.26. The third-order valence-electron chi connectivity index (χ3n) is 6.26. The van der Waals surface area contributed by atoms with E-state index in [0.717, 1.165) is 59.9 Å². The van der Waals surface area contributed by atoms with Crippen LogP contribution in [0.1, 0.15) is 31.2 Å². The van der Waals surface area contributed by atoms with Crippen molar-refractivity contribution in [2.75, 3.05) is 44.1 Å². The summed E-state index contributed by atoms with van der Waals surface area (Å²) in [5.74, 6) is 3.19. The molecule has 0 spiro atoms. The second-order valence-electron chi connectivity index (χ2n) is 8.96. The van der Waals surface area contributed by atoms with Crippen molar-refractivity contribution < 1.29 is 9.84 Å². The van der Waals surface area contributed by atoms with Crippen molar-refractivity contribution in [2.24, 2.45) is 5.92 Å². The molecule has 0 unspecified atom stereocenters. The zero-order valence-electron chi connectivity index (χ0n) is 19.6. The minimum absolute atomic E-state index is 0.0275. The highest BCUT2D eigenvalue weighted by Gasteiger charge is 2.22. The maximum atomic E-state index is 9.01. The lowest BCUT2D eigenvalue weighted by molar-refractivity contribution is 0.200. The molecule has 1 saturated carbocycles. The van der Waals surface area contributed by atoms with Crippen molar-refractivity contribution in [3.63, 3.8) is 0 Å². The van der Waals surface area contributed by atoms with E-state index in [9.17, 15) is 0 Å². The second-order valence-corrected chi connectivity index (χ2v) is 8.96. The Balaban J connectivity index is 1.27. The molecule has 0 amide bonds. The second kappa shape index (κ2) is 11.3. The van der Waals surface area contributed by atoms with Crippen molar-refractivity contribution in [1.29, 1.82) is 0 Å². The smallest absolute Gasteiger partial charge is 0.225 e. The van der Waals surface area contributed by atoms with Gasteiger partial charge in [-0.2, -0.15) is 4.98 Å². The lowest BCUT2D eigenvalue weighted by Crippen LogP contribution is -2.31. The van der Waals surface area contributed by atoms with Crippen molar-refractivity contribution in [1.82, 2.24) is 15.3 Å². The molecule has 3 aromatic rings. The first-order valence-electron chi connectivity index (χ1n) is 11.9. The molecule has 0 bridgehead atoms. The van der Waals surface area contributed by atoms with Crippen LogP contribution in [0.2, 0.25) is 0 Å². The zero-order chi connectivity index (χ0) is 23.0. The zero-order valence-corrected chi connectivity index (χ0v) is 19.6. The van der Waals surface area contributed by atoms with Gasteiger partial charge in [0.15, 0.2) is 0 Å². The standard InChI is InChI=1S/C26H35N5O2/c1-31(2)25-22-8-4-5-9-23(22)29-26(30-25)28-21-13-11-19(12-14-21)17-27-18-20-7-3-6-10-24(20)33-16-15-32/h3-10,19,21,27,32H,11-18H2,1-2H3,(H,28,29,30)/t19-,21+. The Labute approximate surface area is 196 Å². The molecule has 4 rings (SSSR count). The van der Waals surface area contributed by atoms with Gasteiger partial charge in [0, 0.05) is 37.6 Å². The molecule has 176 valence electrons. The lowest BCUT2D eigenvalue weighted by Gasteiger charge is -2.29. The Bertz CT molecular complexity index is 1030. The summed E-state index contributed by atoms with van der Waals surface area (Å²) < 4.78 is 5.64. The maximum absolute atomic E-state index is 9.01. The largest absolute Gasteiger partial charge is 0.491 e. The van der Waals surface area contributed by atoms with E-state index in [1.54, 1.807) is 0 Å². The highest BCUT2D eigenvalue weighted by Crippen LogP contribution is 2.28. The molecule has 1 aliphatic rings. The van der Waals surface area contributed by atoms with Crippen molar-refractivity contribution in [2.45, 2.75) is 38.3 Å². The van der Waals surface area contributed by atoms with E-state index in [2.05, 4.69) is 22.8 Å². The first-order chi connectivity index (χ1) is 16.1. The molecule has 1 fully saturated rings. The first kappa shape index (κ1) is 23.3. The Hall–Kier alpha value is -2.90. The van der Waals surface area contributed by atoms with Gasteiger partial charge < -0.3 is 25.4 Å². The van der Waals surface area contributed by atoms with Gasteiger partial charge in [-0.05, 0) is 56.3 Å². The third kappa shape index (κ3) is 6.12. The number of benzene rings is 2. The van der Waals surface area contributed by atoms with Gasteiger partial charge in [-0.15, -0.1) is 0 Å². The molecule has 0 saturated heterocycles. The number of rotatable bonds is 10. The Kier molecular flexibility index (Phi) is 7.96. The van der Waals surface area contributed by atoms with Crippen molar-refractivity contribution in [3.05, 3.63) is 54.1 Å². The van der Waals surface area contributed by atoms with E-state index in [1.165, 1.54) is 12.8 Å². The summed E-state index contributed by atoms with van der Waals surface area (Å²) in [6.45, 7) is 2.13. The molecule has 7 nitrogen and oxygen atoms in total. The monoisotopic (exact) mass is 449 g/mol. The first-order valence-corrected chi connectivity index (χ1v) is 11.9. The number of ether oxygens (including phenoxy) is 1. The summed E-state index contributed by atoms with van der Waals surface area (Å²) in [5.41, 5.74) is 2.10. The minimum atomic E-state index is 0.0275. The average molecular weight is 450 g/mol. The number of para-hydroxylation sites is 2. The van der Waals surface area contributed by atoms with Crippen molar-refractivity contribution in [3.8, 4) is 5.75 Å². The van der Waals surface area contributed by atoms with Crippen LogP contribution in [0.3, 0.4) is 0 Å². The van der Waals surface area contributed by atoms with E-state index >= 15 is 0 Å². The van der Waals surface area contributed by atoms with Gasteiger partial charge in [0.05, 0.1) is 12.1 Å². The molecular formula is C26H35N5O2. The molecule has 33 heavy (non-hydrogen) atoms. The van der Waals surface area contributed by atoms with Crippen LogP contribution in [0.5, 0.6) is 5.75 Å². The molecule has 1 aliphatic carbocycles. The molecule has 1 heterocycles. The van der Waals surface area contributed by atoms with Gasteiger partial charge in [-0.3, -0.25) is 0 Å². The van der Waals surface area contributed by atoms with Crippen LogP contribution in [-0.4, -0.2) is 55.0 Å². The average Bonchev–Trinajstić information content (AvgIpc) is 2.84. The van der Waals surface area contributed by atoms with E-state index in [0.29, 0.717) is 18.6 Å². The molecule has 0 aliphatic heterocycles. The minimum Gasteiger partial charge on any atom is -0.491 e. The van der Waals surface area contributed by atoms with Crippen LogP contribution in [-0.2, 0) is 6.54 Å². The van der Waals surface area contributed by atoms with Gasteiger partial charge in [-0.1, -0.05) is 30.3 Å². The molecule has 1 aromatic heterocycles. The fourth-order valence-electron chi connectivity index (χ4n) is 4.52. The number of hydrogen-bond donors (Lipinski definition) is 3. The normalized spacial score (nSPS) is 18.3. The summed E-state index contributed by atoms with van der Waals surface area (Å²) in [4.78, 5) is 11.6. The predicted octanol–water partition coefficient (Wildman–Crippen LogP) is 3.83. The van der Waals surface area contributed by atoms with E-state index in [4.69, 9.17) is 19.8 Å². The van der Waals surface area contributed by atoms with E-state index in [1.807, 2.05) is 55.4 Å². The highest BCUT2D eigenvalue weighted by atomic mass is 16.5. The van der Waals surface area contributed by atoms with Gasteiger partial charge in [0.2, 0.25) is 5.95 Å². The topological polar surface area (TPSA) is 82.5 Å². The van der Waals surface area contributed by atoms with Crippen LogP contribution >= 0.6 is 0 Å². The quantitative estimate of drug-likeness (QED) is 0.434. The van der Waals surface area contributed by atoms with E-state index in [-0.39, 0.29) is 6.61 Å². The maximum Gasteiger partial charge on any atom is 0.225 e. The van der Waals surface area contributed by atoms with Crippen LogP contribution in [0.15, 0.2) is 48.5 Å². The van der Waals surface area contributed by atoms with Gasteiger partial charge in [0.25, 0.3) is 0 Å².